The number of carbonyl (C=O) groups is 1. The van der Waals surface area contributed by atoms with Gasteiger partial charge in [-0.1, -0.05) is 12.1 Å². The maximum Gasteiger partial charge on any atom is 0.328 e. The topological polar surface area (TPSA) is 58.6 Å². The van der Waals surface area contributed by atoms with Gasteiger partial charge in [0, 0.05) is 6.08 Å². The Morgan fingerprint density at radius 3 is 2.79 bits per heavy atom. The molecule has 0 amide bonds. The van der Waals surface area contributed by atoms with Gasteiger partial charge in [-0.2, -0.15) is 0 Å². The summed E-state index contributed by atoms with van der Waals surface area (Å²) < 4.78 is 5.21. The number of nitrogens with one attached hydrogen (secondary N) is 1. The number of benzene rings is 1. The Morgan fingerprint density at radius 1 is 1.42 bits per heavy atom. The Morgan fingerprint density at radius 2 is 2.16 bits per heavy atom. The molecule has 2 rings (SSSR count). The number of piperidine rings is 1. The summed E-state index contributed by atoms with van der Waals surface area (Å²) >= 11 is 0. The molecule has 0 bridgehead atoms. The summed E-state index contributed by atoms with van der Waals surface area (Å²) in [6, 6.07) is 7.60. The highest BCUT2D eigenvalue weighted by Crippen LogP contribution is 2.31. The number of hydrogen-bond donors (Lipinski definition) is 2. The van der Waals surface area contributed by atoms with Gasteiger partial charge in [0.15, 0.2) is 0 Å². The third-order valence-electron chi connectivity index (χ3n) is 3.46. The van der Waals surface area contributed by atoms with Crippen LogP contribution in [0.15, 0.2) is 30.3 Å². The molecule has 0 unspecified atom stereocenters. The molecule has 0 aromatic heterocycles. The Balaban J connectivity index is 2.33. The zero-order valence-electron chi connectivity index (χ0n) is 11.1. The molecule has 1 aliphatic heterocycles. The van der Waals surface area contributed by atoms with Crippen molar-refractivity contribution in [1.82, 2.24) is 5.32 Å². The molecule has 1 heterocycles. The van der Waals surface area contributed by atoms with Gasteiger partial charge < -0.3 is 15.2 Å². The van der Waals surface area contributed by atoms with Crippen molar-refractivity contribution in [2.75, 3.05) is 20.2 Å². The fraction of sp³-hybridized carbons (Fsp3) is 0.400. The molecular formula is C15H19NO3. The van der Waals surface area contributed by atoms with Crippen LogP contribution >= 0.6 is 0 Å². The summed E-state index contributed by atoms with van der Waals surface area (Å²) in [4.78, 5) is 11.1. The molecule has 1 aromatic rings. The number of allylic oxidation sites excluding steroid dienone is 1. The Hall–Kier alpha value is -1.81. The van der Waals surface area contributed by atoms with E-state index in [1.54, 1.807) is 7.11 Å². The van der Waals surface area contributed by atoms with Crippen molar-refractivity contribution in [3.05, 3.63) is 35.9 Å². The second kappa shape index (κ2) is 6.38. The van der Waals surface area contributed by atoms with Crippen LogP contribution in [0, 0.1) is 5.92 Å². The molecule has 2 N–H and O–H groups in total. The lowest BCUT2D eigenvalue weighted by Crippen LogP contribution is -2.28. The molecule has 1 fully saturated rings. The zero-order valence-corrected chi connectivity index (χ0v) is 11.1. The number of rotatable bonds is 4. The van der Waals surface area contributed by atoms with E-state index in [0.717, 1.165) is 42.8 Å². The van der Waals surface area contributed by atoms with E-state index in [4.69, 9.17) is 9.84 Å². The van der Waals surface area contributed by atoms with E-state index in [1.807, 2.05) is 24.3 Å². The molecule has 0 saturated carbocycles. The monoisotopic (exact) mass is 261 g/mol. The summed E-state index contributed by atoms with van der Waals surface area (Å²) in [5, 5.41) is 12.4. The molecular weight excluding hydrogens is 242 g/mol. The maximum absolute atomic E-state index is 11.1. The van der Waals surface area contributed by atoms with E-state index >= 15 is 0 Å². The second-order valence-corrected chi connectivity index (χ2v) is 4.69. The number of methoxy groups -OCH3 is 1. The van der Waals surface area contributed by atoms with E-state index in [0.29, 0.717) is 5.92 Å². The molecule has 1 aromatic carbocycles. The number of carboxylic acid groups (broad SMARTS) is 1. The molecule has 102 valence electrons. The van der Waals surface area contributed by atoms with E-state index in [2.05, 4.69) is 5.32 Å². The molecule has 19 heavy (non-hydrogen) atoms. The van der Waals surface area contributed by atoms with Gasteiger partial charge in [0.05, 0.1) is 7.11 Å². The second-order valence-electron chi connectivity index (χ2n) is 4.69. The van der Waals surface area contributed by atoms with Crippen LogP contribution in [0.25, 0.3) is 5.57 Å². The summed E-state index contributed by atoms with van der Waals surface area (Å²) in [5.41, 5.74) is 1.83. The van der Waals surface area contributed by atoms with Crippen molar-refractivity contribution in [2.24, 2.45) is 5.92 Å². The van der Waals surface area contributed by atoms with Gasteiger partial charge in [-0.15, -0.1) is 0 Å². The molecule has 0 radical (unpaired) electrons. The van der Waals surface area contributed by atoms with Crippen LogP contribution in [0.5, 0.6) is 5.75 Å². The predicted molar refractivity (Wildman–Crippen MR) is 74.2 cm³/mol. The van der Waals surface area contributed by atoms with Crippen LogP contribution in [0.1, 0.15) is 18.4 Å². The summed E-state index contributed by atoms with van der Waals surface area (Å²) in [5.74, 6) is 0.156. The fourth-order valence-electron chi connectivity index (χ4n) is 2.51. The number of ether oxygens (including phenoxy) is 1. The number of hydrogen-bond acceptors (Lipinski definition) is 3. The molecule has 0 spiro atoms. The van der Waals surface area contributed by atoms with Crippen molar-refractivity contribution in [3.8, 4) is 5.75 Å². The van der Waals surface area contributed by atoms with E-state index in [-0.39, 0.29) is 0 Å². The van der Waals surface area contributed by atoms with Crippen LogP contribution in [0.4, 0.5) is 0 Å². The number of carboxylic acids is 1. The Labute approximate surface area is 113 Å². The lowest BCUT2D eigenvalue weighted by Gasteiger charge is -2.25. The van der Waals surface area contributed by atoms with Gasteiger partial charge in [-0.25, -0.2) is 4.79 Å². The van der Waals surface area contributed by atoms with Gasteiger partial charge in [0.1, 0.15) is 5.75 Å². The van der Waals surface area contributed by atoms with Gasteiger partial charge in [0.25, 0.3) is 0 Å². The normalized spacial score (nSPS) is 17.2. The minimum atomic E-state index is -0.892. The highest BCUT2D eigenvalue weighted by atomic mass is 16.5. The SMILES string of the molecule is COc1cccc(/C(=C/C(=O)O)C2CCNCC2)c1. The van der Waals surface area contributed by atoms with Crippen LogP contribution < -0.4 is 10.1 Å². The first-order chi connectivity index (χ1) is 9.20. The molecule has 1 saturated heterocycles. The third-order valence-corrected chi connectivity index (χ3v) is 3.46. The van der Waals surface area contributed by atoms with Crippen LogP contribution in [0.2, 0.25) is 0 Å². The predicted octanol–water partition coefficient (Wildman–Crippen LogP) is 2.16. The van der Waals surface area contributed by atoms with E-state index in [1.165, 1.54) is 6.08 Å². The van der Waals surface area contributed by atoms with Crippen LogP contribution in [-0.2, 0) is 4.79 Å². The first-order valence-corrected chi connectivity index (χ1v) is 6.50. The Kier molecular flexibility index (Phi) is 4.58. The van der Waals surface area contributed by atoms with Gasteiger partial charge in [-0.3, -0.25) is 0 Å². The van der Waals surface area contributed by atoms with Crippen molar-refractivity contribution in [3.63, 3.8) is 0 Å². The van der Waals surface area contributed by atoms with Crippen LogP contribution in [0.3, 0.4) is 0 Å². The zero-order chi connectivity index (χ0) is 13.7. The minimum absolute atomic E-state index is 0.296. The molecule has 4 heteroatoms. The average molecular weight is 261 g/mol. The van der Waals surface area contributed by atoms with Crippen LogP contribution in [-0.4, -0.2) is 31.3 Å². The van der Waals surface area contributed by atoms with E-state index < -0.39 is 5.97 Å². The molecule has 1 aliphatic rings. The molecule has 0 atom stereocenters. The third kappa shape index (κ3) is 3.58. The van der Waals surface area contributed by atoms with E-state index in [9.17, 15) is 4.79 Å². The lowest BCUT2D eigenvalue weighted by atomic mass is 9.85. The number of aliphatic carboxylic acids is 1. The Bertz CT molecular complexity index is 476. The summed E-state index contributed by atoms with van der Waals surface area (Å²) in [7, 11) is 1.62. The van der Waals surface area contributed by atoms with Crippen molar-refractivity contribution >= 4 is 11.5 Å². The van der Waals surface area contributed by atoms with Crippen molar-refractivity contribution in [2.45, 2.75) is 12.8 Å². The first kappa shape index (κ1) is 13.6. The lowest BCUT2D eigenvalue weighted by molar-refractivity contribution is -0.131. The van der Waals surface area contributed by atoms with Gasteiger partial charge in [-0.05, 0) is 55.1 Å². The average Bonchev–Trinajstić information content (AvgIpc) is 2.45. The largest absolute Gasteiger partial charge is 0.497 e. The minimum Gasteiger partial charge on any atom is -0.497 e. The van der Waals surface area contributed by atoms with Gasteiger partial charge >= 0.3 is 5.97 Å². The standard InChI is InChI=1S/C15H19NO3/c1-19-13-4-2-3-12(9-13)14(10-15(17)18)11-5-7-16-8-6-11/h2-4,9-11,16H,5-8H2,1H3,(H,17,18)/b14-10+. The summed E-state index contributed by atoms with van der Waals surface area (Å²) in [6.07, 6.45) is 3.28. The quantitative estimate of drug-likeness (QED) is 0.815. The molecule has 0 aliphatic carbocycles. The fourth-order valence-corrected chi connectivity index (χ4v) is 2.51. The smallest absolute Gasteiger partial charge is 0.328 e. The summed E-state index contributed by atoms with van der Waals surface area (Å²) in [6.45, 7) is 1.87. The highest BCUT2D eigenvalue weighted by molar-refractivity contribution is 5.90. The van der Waals surface area contributed by atoms with Crippen molar-refractivity contribution in [1.29, 1.82) is 0 Å². The first-order valence-electron chi connectivity index (χ1n) is 6.50. The molecule has 4 nitrogen and oxygen atoms in total. The van der Waals surface area contributed by atoms with Crippen molar-refractivity contribution < 1.29 is 14.6 Å². The highest BCUT2D eigenvalue weighted by Gasteiger charge is 2.20. The van der Waals surface area contributed by atoms with Gasteiger partial charge in [0.2, 0.25) is 0 Å². The maximum atomic E-state index is 11.1.